The molecule has 96 valence electrons. The minimum atomic E-state index is 0.130. The van der Waals surface area contributed by atoms with E-state index in [1.807, 2.05) is 24.3 Å². The number of rotatable bonds is 2. The molecule has 0 saturated heterocycles. The van der Waals surface area contributed by atoms with Crippen molar-refractivity contribution < 1.29 is 4.79 Å². The molecule has 1 aromatic heterocycles. The van der Waals surface area contributed by atoms with E-state index in [9.17, 15) is 4.79 Å². The van der Waals surface area contributed by atoms with Gasteiger partial charge in [0.15, 0.2) is 0 Å². The van der Waals surface area contributed by atoms with E-state index in [4.69, 9.17) is 0 Å². The Morgan fingerprint density at radius 2 is 2.16 bits per heavy atom. The molecule has 0 bridgehead atoms. The minimum Gasteiger partial charge on any atom is -0.357 e. The third-order valence-electron chi connectivity index (χ3n) is 3.33. The molecule has 0 unspecified atom stereocenters. The number of benzene rings is 1. The highest BCUT2D eigenvalue weighted by Gasteiger charge is 2.24. The number of likely N-dealkylation sites (N-methyl/N-ethyl adjacent to an activating group) is 1. The largest absolute Gasteiger partial charge is 0.357 e. The van der Waals surface area contributed by atoms with E-state index in [1.165, 1.54) is 0 Å². The number of nitrogens with one attached hydrogen (secondary N) is 1. The summed E-state index contributed by atoms with van der Waals surface area (Å²) in [6.45, 7) is 0. The highest BCUT2D eigenvalue weighted by molar-refractivity contribution is 6.01. The standard InChI is InChI=1S/C14H14N4O/c1-15-14-16-6-5-11(17-14)9-3-4-12-10(7-9)8-13(19)18(12)2/h3-7H,8H2,1-2H3,(H,15,16,17). The van der Waals surface area contributed by atoms with Crippen LogP contribution >= 0.6 is 0 Å². The summed E-state index contributed by atoms with van der Waals surface area (Å²) in [5.41, 5.74) is 3.89. The van der Waals surface area contributed by atoms with Crippen molar-refractivity contribution in [2.45, 2.75) is 6.42 Å². The molecule has 0 atom stereocenters. The number of fused-ring (bicyclic) bond motifs is 1. The zero-order chi connectivity index (χ0) is 13.4. The molecule has 1 N–H and O–H groups in total. The summed E-state index contributed by atoms with van der Waals surface area (Å²) in [5.74, 6) is 0.719. The molecule has 0 spiro atoms. The second kappa shape index (κ2) is 4.35. The van der Waals surface area contributed by atoms with E-state index in [0.29, 0.717) is 12.4 Å². The SMILES string of the molecule is CNc1nccc(-c2ccc3c(c2)CC(=O)N3C)n1. The fourth-order valence-corrected chi connectivity index (χ4v) is 2.27. The van der Waals surface area contributed by atoms with Gasteiger partial charge in [-0.05, 0) is 23.8 Å². The van der Waals surface area contributed by atoms with E-state index in [2.05, 4.69) is 15.3 Å². The minimum absolute atomic E-state index is 0.130. The third kappa shape index (κ3) is 1.93. The molecule has 3 rings (SSSR count). The molecule has 1 aromatic carbocycles. The first-order chi connectivity index (χ1) is 9.19. The lowest BCUT2D eigenvalue weighted by Gasteiger charge is -2.10. The molecule has 1 aliphatic rings. The summed E-state index contributed by atoms with van der Waals surface area (Å²) < 4.78 is 0. The Bertz CT molecular complexity index is 654. The van der Waals surface area contributed by atoms with Crippen LogP contribution in [0.4, 0.5) is 11.6 Å². The molecule has 5 heteroatoms. The summed E-state index contributed by atoms with van der Waals surface area (Å²) in [6.07, 6.45) is 2.18. The van der Waals surface area contributed by atoms with Crippen molar-refractivity contribution in [2.75, 3.05) is 24.3 Å². The Morgan fingerprint density at radius 1 is 1.32 bits per heavy atom. The van der Waals surface area contributed by atoms with Gasteiger partial charge in [0.05, 0.1) is 12.1 Å². The summed E-state index contributed by atoms with van der Waals surface area (Å²) in [5, 5.41) is 2.92. The predicted octanol–water partition coefficient (Wildman–Crippen LogP) is 1.70. The number of hydrogen-bond acceptors (Lipinski definition) is 4. The number of carbonyl (C=O) groups is 1. The van der Waals surface area contributed by atoms with Crippen molar-refractivity contribution in [3.8, 4) is 11.3 Å². The molecule has 0 radical (unpaired) electrons. The van der Waals surface area contributed by atoms with Crippen LogP contribution in [0.25, 0.3) is 11.3 Å². The van der Waals surface area contributed by atoms with Gasteiger partial charge in [0.25, 0.3) is 0 Å². The highest BCUT2D eigenvalue weighted by atomic mass is 16.2. The lowest BCUT2D eigenvalue weighted by molar-refractivity contribution is -0.117. The van der Waals surface area contributed by atoms with Gasteiger partial charge in [0, 0.05) is 31.5 Å². The predicted molar refractivity (Wildman–Crippen MR) is 74.1 cm³/mol. The Morgan fingerprint density at radius 3 is 2.95 bits per heavy atom. The quantitative estimate of drug-likeness (QED) is 0.886. The smallest absolute Gasteiger partial charge is 0.231 e. The lowest BCUT2D eigenvalue weighted by Crippen LogP contribution is -2.20. The topological polar surface area (TPSA) is 58.1 Å². The first kappa shape index (κ1) is 11.6. The molecule has 1 aliphatic heterocycles. The average molecular weight is 254 g/mol. The van der Waals surface area contributed by atoms with Crippen molar-refractivity contribution in [1.82, 2.24) is 9.97 Å². The van der Waals surface area contributed by atoms with E-state index in [-0.39, 0.29) is 5.91 Å². The van der Waals surface area contributed by atoms with Gasteiger partial charge in [-0.3, -0.25) is 4.79 Å². The Hall–Kier alpha value is -2.43. The zero-order valence-electron chi connectivity index (χ0n) is 10.8. The zero-order valence-corrected chi connectivity index (χ0v) is 10.8. The molecule has 0 aliphatic carbocycles. The number of aromatic nitrogens is 2. The summed E-state index contributed by atoms with van der Waals surface area (Å²) in [7, 11) is 3.59. The van der Waals surface area contributed by atoms with Gasteiger partial charge < -0.3 is 10.2 Å². The number of amides is 1. The van der Waals surface area contributed by atoms with Crippen LogP contribution in [-0.2, 0) is 11.2 Å². The van der Waals surface area contributed by atoms with E-state index >= 15 is 0 Å². The third-order valence-corrected chi connectivity index (χ3v) is 3.33. The molecule has 0 saturated carbocycles. The Balaban J connectivity index is 2.03. The molecular weight excluding hydrogens is 240 g/mol. The molecule has 1 amide bonds. The number of hydrogen-bond donors (Lipinski definition) is 1. The van der Waals surface area contributed by atoms with Crippen LogP contribution in [-0.4, -0.2) is 30.0 Å². The second-order valence-corrected chi connectivity index (χ2v) is 4.49. The first-order valence-corrected chi connectivity index (χ1v) is 6.09. The van der Waals surface area contributed by atoms with E-state index < -0.39 is 0 Å². The van der Waals surface area contributed by atoms with Gasteiger partial charge in [0.1, 0.15) is 0 Å². The van der Waals surface area contributed by atoms with Crippen molar-refractivity contribution in [2.24, 2.45) is 0 Å². The van der Waals surface area contributed by atoms with Crippen LogP contribution in [0, 0.1) is 0 Å². The molecule has 19 heavy (non-hydrogen) atoms. The fourth-order valence-electron chi connectivity index (χ4n) is 2.27. The Kier molecular flexibility index (Phi) is 2.67. The van der Waals surface area contributed by atoms with Crippen LogP contribution < -0.4 is 10.2 Å². The van der Waals surface area contributed by atoms with Crippen molar-refractivity contribution >= 4 is 17.5 Å². The normalized spacial score (nSPS) is 13.6. The van der Waals surface area contributed by atoms with Gasteiger partial charge in [-0.1, -0.05) is 6.07 Å². The summed E-state index contributed by atoms with van der Waals surface area (Å²) >= 11 is 0. The van der Waals surface area contributed by atoms with Gasteiger partial charge in [-0.25, -0.2) is 9.97 Å². The van der Waals surface area contributed by atoms with Crippen molar-refractivity contribution in [1.29, 1.82) is 0 Å². The van der Waals surface area contributed by atoms with Crippen molar-refractivity contribution in [3.05, 3.63) is 36.0 Å². The summed E-state index contributed by atoms with van der Waals surface area (Å²) in [4.78, 5) is 21.9. The molecule has 2 heterocycles. The molecule has 2 aromatic rings. The maximum atomic E-state index is 11.7. The summed E-state index contributed by atoms with van der Waals surface area (Å²) in [6, 6.07) is 7.84. The maximum Gasteiger partial charge on any atom is 0.231 e. The van der Waals surface area contributed by atoms with Crippen LogP contribution in [0.1, 0.15) is 5.56 Å². The van der Waals surface area contributed by atoms with Crippen LogP contribution in [0.15, 0.2) is 30.5 Å². The monoisotopic (exact) mass is 254 g/mol. The Labute approximate surface area is 111 Å². The van der Waals surface area contributed by atoms with Crippen molar-refractivity contribution in [3.63, 3.8) is 0 Å². The molecular formula is C14H14N4O. The lowest BCUT2D eigenvalue weighted by atomic mass is 10.1. The van der Waals surface area contributed by atoms with Gasteiger partial charge in [0.2, 0.25) is 11.9 Å². The van der Waals surface area contributed by atoms with Crippen LogP contribution in [0.3, 0.4) is 0 Å². The number of nitrogens with zero attached hydrogens (tertiary/aromatic N) is 3. The number of carbonyl (C=O) groups excluding carboxylic acids is 1. The van der Waals surface area contributed by atoms with Crippen LogP contribution in [0.2, 0.25) is 0 Å². The molecule has 5 nitrogen and oxygen atoms in total. The van der Waals surface area contributed by atoms with Gasteiger partial charge >= 0.3 is 0 Å². The average Bonchev–Trinajstić information content (AvgIpc) is 2.73. The maximum absolute atomic E-state index is 11.7. The van der Waals surface area contributed by atoms with Gasteiger partial charge in [-0.15, -0.1) is 0 Å². The number of anilines is 2. The second-order valence-electron chi connectivity index (χ2n) is 4.49. The first-order valence-electron chi connectivity index (χ1n) is 6.09. The van der Waals surface area contributed by atoms with E-state index in [1.54, 1.807) is 25.2 Å². The van der Waals surface area contributed by atoms with E-state index in [0.717, 1.165) is 22.5 Å². The highest BCUT2D eigenvalue weighted by Crippen LogP contribution is 2.31. The van der Waals surface area contributed by atoms with Gasteiger partial charge in [-0.2, -0.15) is 0 Å². The van der Waals surface area contributed by atoms with Crippen LogP contribution in [0.5, 0.6) is 0 Å². The molecule has 0 fully saturated rings. The fraction of sp³-hybridized carbons (Fsp3) is 0.214.